The van der Waals surface area contributed by atoms with E-state index in [9.17, 15) is 9.90 Å². The molecule has 1 amide bonds. The first-order valence-corrected chi connectivity index (χ1v) is 5.56. The average molecular weight is 220 g/mol. The molecule has 0 bridgehead atoms. The highest BCUT2D eigenvalue weighted by Crippen LogP contribution is 2.24. The lowest BCUT2D eigenvalue weighted by atomic mass is 10.2. The van der Waals surface area contributed by atoms with Crippen LogP contribution in [0.15, 0.2) is 12.1 Å². The molecule has 4 heteroatoms. The quantitative estimate of drug-likeness (QED) is 0.810. The summed E-state index contributed by atoms with van der Waals surface area (Å²) in [6, 6.07) is 3.94. The molecule has 0 aliphatic carbocycles. The zero-order valence-electron chi connectivity index (χ0n) is 9.60. The van der Waals surface area contributed by atoms with Crippen LogP contribution < -0.4 is 4.90 Å². The number of hydrogen-bond donors (Lipinski definition) is 1. The predicted octanol–water partition coefficient (Wildman–Crippen LogP) is 1.05. The summed E-state index contributed by atoms with van der Waals surface area (Å²) in [5.74, 6) is 0.671. The Hall–Kier alpha value is -1.42. The Morgan fingerprint density at radius 2 is 2.31 bits per heavy atom. The van der Waals surface area contributed by atoms with Gasteiger partial charge >= 0.3 is 0 Å². The number of amides is 1. The van der Waals surface area contributed by atoms with Crippen molar-refractivity contribution >= 4 is 11.7 Å². The Labute approximate surface area is 94.9 Å². The van der Waals surface area contributed by atoms with Gasteiger partial charge in [0, 0.05) is 5.69 Å². The predicted molar refractivity (Wildman–Crippen MR) is 61.3 cm³/mol. The highest BCUT2D eigenvalue weighted by atomic mass is 16.3. The summed E-state index contributed by atoms with van der Waals surface area (Å²) in [5.41, 5.74) is 1.94. The van der Waals surface area contributed by atoms with Crippen molar-refractivity contribution in [3.63, 3.8) is 0 Å². The van der Waals surface area contributed by atoms with Crippen LogP contribution in [0, 0.1) is 6.92 Å². The third-order valence-corrected chi connectivity index (χ3v) is 2.84. The number of hydrogen-bond acceptors (Lipinski definition) is 3. The van der Waals surface area contributed by atoms with Gasteiger partial charge in [0.05, 0.1) is 19.1 Å². The van der Waals surface area contributed by atoms with Crippen LogP contribution in [0.4, 0.5) is 5.82 Å². The number of aryl methyl sites for hydroxylation is 2. The molecule has 1 atom stereocenters. The topological polar surface area (TPSA) is 53.4 Å². The van der Waals surface area contributed by atoms with Crippen molar-refractivity contribution in [3.8, 4) is 0 Å². The van der Waals surface area contributed by atoms with Crippen LogP contribution in [0.2, 0.25) is 0 Å². The van der Waals surface area contributed by atoms with Gasteiger partial charge in [0.1, 0.15) is 5.82 Å². The lowest BCUT2D eigenvalue weighted by molar-refractivity contribution is -0.117. The minimum atomic E-state index is -0.556. The number of aromatic nitrogens is 1. The van der Waals surface area contributed by atoms with E-state index in [0.717, 1.165) is 17.7 Å². The Morgan fingerprint density at radius 1 is 1.56 bits per heavy atom. The van der Waals surface area contributed by atoms with Crippen LogP contribution in [0.25, 0.3) is 0 Å². The first-order chi connectivity index (χ1) is 7.61. The van der Waals surface area contributed by atoms with Crippen LogP contribution in [0.1, 0.15) is 24.6 Å². The number of nitrogens with zero attached hydrogens (tertiary/aromatic N) is 2. The lowest BCUT2D eigenvalue weighted by Gasteiger charge is -2.18. The molecule has 1 aromatic rings. The summed E-state index contributed by atoms with van der Waals surface area (Å²) in [4.78, 5) is 17.7. The smallest absolute Gasteiger partial charge is 0.230 e. The highest BCUT2D eigenvalue weighted by Gasteiger charge is 2.31. The van der Waals surface area contributed by atoms with Gasteiger partial charge in [-0.25, -0.2) is 4.98 Å². The zero-order chi connectivity index (χ0) is 11.7. The summed E-state index contributed by atoms with van der Waals surface area (Å²) < 4.78 is 0. The van der Waals surface area contributed by atoms with Crippen molar-refractivity contribution in [1.29, 1.82) is 0 Å². The number of rotatable bonds is 2. The maximum absolute atomic E-state index is 11.7. The third kappa shape index (κ3) is 1.93. The van der Waals surface area contributed by atoms with Gasteiger partial charge in [-0.2, -0.15) is 0 Å². The largest absolute Gasteiger partial charge is 0.391 e. The monoisotopic (exact) mass is 220 g/mol. The Kier molecular flexibility index (Phi) is 2.92. The van der Waals surface area contributed by atoms with Crippen molar-refractivity contribution in [2.75, 3.05) is 11.4 Å². The van der Waals surface area contributed by atoms with E-state index in [1.54, 1.807) is 4.90 Å². The Balaban J connectivity index is 2.39. The molecule has 1 saturated heterocycles. The number of pyridine rings is 1. The van der Waals surface area contributed by atoms with Gasteiger partial charge < -0.3 is 5.11 Å². The normalized spacial score (nSPS) is 20.6. The van der Waals surface area contributed by atoms with Gasteiger partial charge in [0.2, 0.25) is 5.91 Å². The van der Waals surface area contributed by atoms with Crippen molar-refractivity contribution in [3.05, 3.63) is 23.4 Å². The molecule has 0 radical (unpaired) electrons. The Morgan fingerprint density at radius 3 is 2.88 bits per heavy atom. The van der Waals surface area contributed by atoms with Gasteiger partial charge in [-0.1, -0.05) is 13.0 Å². The van der Waals surface area contributed by atoms with Crippen LogP contribution in [-0.4, -0.2) is 28.6 Å². The van der Waals surface area contributed by atoms with E-state index in [-0.39, 0.29) is 12.3 Å². The fourth-order valence-electron chi connectivity index (χ4n) is 1.97. The average Bonchev–Trinajstić information content (AvgIpc) is 2.57. The molecule has 2 heterocycles. The number of carbonyl (C=O) groups is 1. The maximum Gasteiger partial charge on any atom is 0.230 e. The number of β-amino-alcohol motifs (C(OH)–C–C–N with tert-alkyl or cyclic N) is 1. The van der Waals surface area contributed by atoms with E-state index in [0.29, 0.717) is 12.4 Å². The molecule has 1 fully saturated rings. The summed E-state index contributed by atoms with van der Waals surface area (Å²) in [7, 11) is 0. The molecule has 4 nitrogen and oxygen atoms in total. The summed E-state index contributed by atoms with van der Waals surface area (Å²) in [6.07, 6.45) is 0.487. The van der Waals surface area contributed by atoms with Gasteiger partial charge in [-0.15, -0.1) is 0 Å². The first kappa shape index (κ1) is 11.1. The summed E-state index contributed by atoms with van der Waals surface area (Å²) >= 11 is 0. The van der Waals surface area contributed by atoms with Gasteiger partial charge in [-0.05, 0) is 25.0 Å². The van der Waals surface area contributed by atoms with E-state index < -0.39 is 6.10 Å². The van der Waals surface area contributed by atoms with E-state index in [1.165, 1.54) is 0 Å². The van der Waals surface area contributed by atoms with Gasteiger partial charge in [0.15, 0.2) is 0 Å². The molecule has 1 aromatic heterocycles. The van der Waals surface area contributed by atoms with Gasteiger partial charge in [0.25, 0.3) is 0 Å². The molecular formula is C12H16N2O2. The SMILES string of the molecule is CCc1ccc(C)nc1N1CC(O)CC1=O. The van der Waals surface area contributed by atoms with E-state index in [1.807, 2.05) is 26.0 Å². The molecule has 16 heavy (non-hydrogen) atoms. The minimum absolute atomic E-state index is 0.0414. The highest BCUT2D eigenvalue weighted by molar-refractivity contribution is 5.95. The molecule has 86 valence electrons. The summed E-state index contributed by atoms with van der Waals surface area (Å²) in [5, 5.41) is 9.47. The van der Waals surface area contributed by atoms with E-state index in [4.69, 9.17) is 0 Å². The second-order valence-electron chi connectivity index (χ2n) is 4.15. The standard InChI is InChI=1S/C12H16N2O2/c1-3-9-5-4-8(2)13-12(9)14-7-10(15)6-11(14)16/h4-5,10,15H,3,6-7H2,1-2H3. The lowest BCUT2D eigenvalue weighted by Crippen LogP contribution is -2.27. The zero-order valence-corrected chi connectivity index (χ0v) is 9.60. The number of aliphatic hydroxyl groups excluding tert-OH is 1. The maximum atomic E-state index is 11.7. The molecule has 1 N–H and O–H groups in total. The second kappa shape index (κ2) is 4.22. The van der Waals surface area contributed by atoms with Crippen LogP contribution >= 0.6 is 0 Å². The second-order valence-corrected chi connectivity index (χ2v) is 4.15. The van der Waals surface area contributed by atoms with Crippen molar-refractivity contribution in [1.82, 2.24) is 4.98 Å². The first-order valence-electron chi connectivity index (χ1n) is 5.56. The number of anilines is 1. The van der Waals surface area contributed by atoms with Crippen LogP contribution in [0.3, 0.4) is 0 Å². The molecule has 0 aromatic carbocycles. The van der Waals surface area contributed by atoms with E-state index >= 15 is 0 Å². The van der Waals surface area contributed by atoms with E-state index in [2.05, 4.69) is 4.98 Å². The minimum Gasteiger partial charge on any atom is -0.391 e. The Bertz CT molecular complexity index is 417. The van der Waals surface area contributed by atoms with Crippen LogP contribution in [-0.2, 0) is 11.2 Å². The number of carbonyl (C=O) groups excluding carboxylic acids is 1. The molecular weight excluding hydrogens is 204 g/mol. The van der Waals surface area contributed by atoms with Crippen LogP contribution in [0.5, 0.6) is 0 Å². The van der Waals surface area contributed by atoms with Crippen molar-refractivity contribution in [2.24, 2.45) is 0 Å². The molecule has 0 saturated carbocycles. The molecule has 2 rings (SSSR count). The van der Waals surface area contributed by atoms with Crippen molar-refractivity contribution in [2.45, 2.75) is 32.8 Å². The molecule has 0 spiro atoms. The fraction of sp³-hybridized carbons (Fsp3) is 0.500. The summed E-state index contributed by atoms with van der Waals surface area (Å²) in [6.45, 7) is 4.30. The van der Waals surface area contributed by atoms with Crippen molar-refractivity contribution < 1.29 is 9.90 Å². The van der Waals surface area contributed by atoms with Gasteiger partial charge in [-0.3, -0.25) is 9.69 Å². The number of aliphatic hydroxyl groups is 1. The fourth-order valence-corrected chi connectivity index (χ4v) is 1.97. The molecule has 1 unspecified atom stereocenters. The third-order valence-electron chi connectivity index (χ3n) is 2.84. The molecule has 1 aliphatic rings. The molecule has 1 aliphatic heterocycles.